The van der Waals surface area contributed by atoms with Gasteiger partial charge in [-0.1, -0.05) is 23.4 Å². The Morgan fingerprint density at radius 2 is 2.00 bits per heavy atom. The van der Waals surface area contributed by atoms with Gasteiger partial charge in [-0.2, -0.15) is 13.2 Å². The SMILES string of the molecule is C=N/C(=C(\Sc1cnc(OC)nc1)C(F)(F)F)c1c(C)nc2c(Cl)cccn12. The van der Waals surface area contributed by atoms with Crippen LogP contribution in [0.5, 0.6) is 6.01 Å². The fourth-order valence-electron chi connectivity index (χ4n) is 2.51. The first-order valence-corrected chi connectivity index (χ1v) is 8.91. The van der Waals surface area contributed by atoms with Crippen LogP contribution in [-0.2, 0) is 0 Å². The maximum atomic E-state index is 13.9. The molecule has 0 aliphatic rings. The third-order valence-corrected chi connectivity index (χ3v) is 5.01. The van der Waals surface area contributed by atoms with Gasteiger partial charge in [0.05, 0.1) is 23.5 Å². The number of aliphatic imine (C=N–C) groups is 1. The molecule has 28 heavy (non-hydrogen) atoms. The number of rotatable bonds is 5. The molecular formula is C17H13ClF3N5OS. The van der Waals surface area contributed by atoms with Crippen molar-refractivity contribution < 1.29 is 17.9 Å². The summed E-state index contributed by atoms with van der Waals surface area (Å²) >= 11 is 6.55. The number of nitrogens with zero attached hydrogens (tertiary/aromatic N) is 5. The van der Waals surface area contributed by atoms with Crippen LogP contribution in [0.2, 0.25) is 5.02 Å². The largest absolute Gasteiger partial charge is 0.467 e. The van der Waals surface area contributed by atoms with Crippen molar-refractivity contribution in [2.24, 2.45) is 4.99 Å². The fraction of sp³-hybridized carbons (Fsp3) is 0.176. The lowest BCUT2D eigenvalue weighted by Gasteiger charge is -2.15. The van der Waals surface area contributed by atoms with Crippen molar-refractivity contribution in [3.63, 3.8) is 0 Å². The lowest BCUT2D eigenvalue weighted by molar-refractivity contribution is -0.0831. The van der Waals surface area contributed by atoms with E-state index >= 15 is 0 Å². The van der Waals surface area contributed by atoms with Gasteiger partial charge >= 0.3 is 12.2 Å². The van der Waals surface area contributed by atoms with E-state index in [2.05, 4.69) is 26.7 Å². The predicted octanol–water partition coefficient (Wildman–Crippen LogP) is 4.82. The number of alkyl halides is 3. The molecule has 3 heterocycles. The molecule has 3 aromatic rings. The van der Waals surface area contributed by atoms with Gasteiger partial charge in [-0.3, -0.25) is 9.39 Å². The summed E-state index contributed by atoms with van der Waals surface area (Å²) in [4.78, 5) is 14.8. The molecule has 11 heteroatoms. The highest BCUT2D eigenvalue weighted by Crippen LogP contribution is 2.44. The summed E-state index contributed by atoms with van der Waals surface area (Å²) < 4.78 is 48.0. The number of aromatic nitrogens is 4. The zero-order valence-corrected chi connectivity index (χ0v) is 16.2. The second kappa shape index (κ2) is 7.80. The second-order valence-corrected chi connectivity index (χ2v) is 6.93. The summed E-state index contributed by atoms with van der Waals surface area (Å²) in [6, 6.07) is 3.26. The molecule has 0 N–H and O–H groups in total. The molecule has 0 radical (unpaired) electrons. The van der Waals surface area contributed by atoms with Crippen molar-refractivity contribution >= 4 is 41.4 Å². The van der Waals surface area contributed by atoms with Crippen molar-refractivity contribution in [2.45, 2.75) is 18.0 Å². The van der Waals surface area contributed by atoms with E-state index in [0.717, 1.165) is 0 Å². The van der Waals surface area contributed by atoms with Crippen LogP contribution in [0.3, 0.4) is 0 Å². The normalized spacial score (nSPS) is 12.8. The first-order valence-electron chi connectivity index (χ1n) is 7.72. The van der Waals surface area contributed by atoms with Crippen molar-refractivity contribution in [1.29, 1.82) is 0 Å². The van der Waals surface area contributed by atoms with Crippen molar-refractivity contribution in [3.8, 4) is 6.01 Å². The lowest BCUT2D eigenvalue weighted by Crippen LogP contribution is -2.12. The van der Waals surface area contributed by atoms with Gasteiger partial charge in [-0.25, -0.2) is 15.0 Å². The van der Waals surface area contributed by atoms with E-state index in [1.54, 1.807) is 25.3 Å². The van der Waals surface area contributed by atoms with E-state index in [0.29, 0.717) is 28.1 Å². The molecule has 0 bridgehead atoms. The number of aryl methyl sites for hydroxylation is 1. The number of allylic oxidation sites excluding steroid dienone is 1. The minimum atomic E-state index is -4.70. The Morgan fingerprint density at radius 1 is 1.32 bits per heavy atom. The molecule has 3 aromatic heterocycles. The number of hydrogen-bond acceptors (Lipinski definition) is 6. The van der Waals surface area contributed by atoms with Gasteiger partial charge in [0.2, 0.25) is 0 Å². The van der Waals surface area contributed by atoms with E-state index in [4.69, 9.17) is 16.3 Å². The van der Waals surface area contributed by atoms with Crippen LogP contribution >= 0.6 is 23.4 Å². The van der Waals surface area contributed by atoms with Crippen LogP contribution in [0.1, 0.15) is 11.4 Å². The Kier molecular flexibility index (Phi) is 5.61. The maximum Gasteiger partial charge on any atom is 0.424 e. The van der Waals surface area contributed by atoms with Gasteiger partial charge in [0.25, 0.3) is 0 Å². The first-order chi connectivity index (χ1) is 13.3. The lowest BCUT2D eigenvalue weighted by atomic mass is 10.2. The van der Waals surface area contributed by atoms with E-state index in [1.807, 2.05) is 0 Å². The van der Waals surface area contributed by atoms with Gasteiger partial charge in [0.1, 0.15) is 10.6 Å². The minimum absolute atomic E-state index is 0.0521. The van der Waals surface area contributed by atoms with Crippen LogP contribution in [0.25, 0.3) is 11.3 Å². The molecule has 0 fully saturated rings. The molecule has 0 amide bonds. The highest BCUT2D eigenvalue weighted by Gasteiger charge is 2.39. The van der Waals surface area contributed by atoms with Gasteiger partial charge in [0.15, 0.2) is 5.65 Å². The summed E-state index contributed by atoms with van der Waals surface area (Å²) in [5.41, 5.74) is 0.461. The summed E-state index contributed by atoms with van der Waals surface area (Å²) in [5, 5.41) is 0.310. The number of hydrogen-bond donors (Lipinski definition) is 0. The van der Waals surface area contributed by atoms with Gasteiger partial charge in [0, 0.05) is 23.5 Å². The highest BCUT2D eigenvalue weighted by molar-refractivity contribution is 8.03. The fourth-order valence-corrected chi connectivity index (χ4v) is 3.53. The smallest absolute Gasteiger partial charge is 0.424 e. The molecule has 0 saturated carbocycles. The zero-order chi connectivity index (χ0) is 20.5. The third kappa shape index (κ3) is 3.83. The van der Waals surface area contributed by atoms with Gasteiger partial charge < -0.3 is 4.74 Å². The highest BCUT2D eigenvalue weighted by atomic mass is 35.5. The van der Waals surface area contributed by atoms with Gasteiger partial charge in [-0.15, -0.1) is 0 Å². The summed E-state index contributed by atoms with van der Waals surface area (Å²) in [6.45, 7) is 4.93. The number of fused-ring (bicyclic) bond motifs is 1. The Bertz CT molecular complexity index is 1060. The first kappa shape index (κ1) is 20.2. The van der Waals surface area contributed by atoms with Crippen LogP contribution in [-0.4, -0.2) is 39.4 Å². The Morgan fingerprint density at radius 3 is 2.57 bits per heavy atom. The molecule has 0 aromatic carbocycles. The van der Waals surface area contributed by atoms with Crippen molar-refractivity contribution in [2.75, 3.05) is 7.11 Å². The predicted molar refractivity (Wildman–Crippen MR) is 102 cm³/mol. The molecule has 0 unspecified atom stereocenters. The van der Waals surface area contributed by atoms with Crippen LogP contribution < -0.4 is 4.74 Å². The average Bonchev–Trinajstić information content (AvgIpc) is 2.99. The van der Waals surface area contributed by atoms with E-state index in [1.165, 1.54) is 23.9 Å². The van der Waals surface area contributed by atoms with Crippen LogP contribution in [0.4, 0.5) is 13.2 Å². The quantitative estimate of drug-likeness (QED) is 0.431. The average molecular weight is 428 g/mol. The molecule has 146 valence electrons. The monoisotopic (exact) mass is 427 g/mol. The summed E-state index contributed by atoms with van der Waals surface area (Å²) in [7, 11) is 1.36. The number of ether oxygens (including phenoxy) is 1. The molecule has 0 aliphatic heterocycles. The molecular weight excluding hydrogens is 415 g/mol. The van der Waals surface area contributed by atoms with Crippen molar-refractivity contribution in [3.05, 3.63) is 52.0 Å². The van der Waals surface area contributed by atoms with Crippen LogP contribution in [0.15, 0.2) is 45.5 Å². The Hall–Kier alpha value is -2.59. The number of pyridine rings is 1. The summed E-state index contributed by atoms with van der Waals surface area (Å²) in [6.07, 6.45) is -0.657. The molecule has 6 nitrogen and oxygen atoms in total. The maximum absolute atomic E-state index is 13.9. The number of halogens is 4. The van der Waals surface area contributed by atoms with Crippen LogP contribution in [0, 0.1) is 6.92 Å². The number of methoxy groups -OCH3 is 1. The number of imidazole rings is 1. The van der Waals surface area contributed by atoms with Gasteiger partial charge in [-0.05, 0) is 25.8 Å². The topological polar surface area (TPSA) is 64.7 Å². The third-order valence-electron chi connectivity index (χ3n) is 3.64. The van der Waals surface area contributed by atoms with E-state index < -0.39 is 11.1 Å². The zero-order valence-electron chi connectivity index (χ0n) is 14.7. The van der Waals surface area contributed by atoms with Crippen molar-refractivity contribution in [1.82, 2.24) is 19.4 Å². The van der Waals surface area contributed by atoms with E-state index in [9.17, 15) is 13.2 Å². The molecule has 0 atom stereocenters. The molecule has 0 saturated heterocycles. The molecule has 0 spiro atoms. The summed E-state index contributed by atoms with van der Waals surface area (Å²) in [5.74, 6) is 0. The Labute approximate surface area is 167 Å². The standard InChI is InChI=1S/C17H13ClF3N5OS/c1-9-13(26-6-4-5-11(18)15(26)25-9)12(22-2)14(17(19,20)21)28-10-7-23-16(27-3)24-8-10/h4-8H,2H2,1,3H3/b14-12-. The minimum Gasteiger partial charge on any atom is -0.467 e. The van der Waals surface area contributed by atoms with E-state index in [-0.39, 0.29) is 22.3 Å². The Balaban J connectivity index is 2.21. The molecule has 0 aliphatic carbocycles. The second-order valence-electron chi connectivity index (χ2n) is 5.44. The number of thioether (sulfide) groups is 1. The molecule has 3 rings (SSSR count).